The summed E-state index contributed by atoms with van der Waals surface area (Å²) in [7, 11) is 1.47. The molecule has 0 aromatic heterocycles. The maximum absolute atomic E-state index is 13.0. The maximum atomic E-state index is 13.0. The van der Waals surface area contributed by atoms with E-state index in [1.54, 1.807) is 0 Å². The predicted molar refractivity (Wildman–Crippen MR) is 100 cm³/mol. The van der Waals surface area contributed by atoms with Crippen LogP contribution in [0.3, 0.4) is 0 Å². The SMILES string of the molecule is COc1ccc([N+](=O)[O-])c2c1C[C@]1(C2)NC(=O)[C@H](Cc2ccccc2)NC1=O. The summed E-state index contributed by atoms with van der Waals surface area (Å²) in [6.07, 6.45) is 0.596. The quantitative estimate of drug-likeness (QED) is 0.613. The van der Waals surface area contributed by atoms with Gasteiger partial charge in [-0.15, -0.1) is 0 Å². The topological polar surface area (TPSA) is 111 Å². The Morgan fingerprint density at radius 2 is 1.86 bits per heavy atom. The smallest absolute Gasteiger partial charge is 0.273 e. The molecule has 1 saturated heterocycles. The second-order valence-electron chi connectivity index (χ2n) is 7.14. The molecule has 2 aliphatic rings. The Morgan fingerprint density at radius 1 is 1.14 bits per heavy atom. The van der Waals surface area contributed by atoms with Crippen molar-refractivity contribution in [2.24, 2.45) is 0 Å². The number of hydrogen-bond acceptors (Lipinski definition) is 5. The van der Waals surface area contributed by atoms with Gasteiger partial charge in [-0.05, 0) is 11.6 Å². The van der Waals surface area contributed by atoms with Gasteiger partial charge in [-0.25, -0.2) is 0 Å². The summed E-state index contributed by atoms with van der Waals surface area (Å²) in [6.45, 7) is 0. The fraction of sp³-hybridized carbons (Fsp3) is 0.300. The van der Waals surface area contributed by atoms with E-state index in [2.05, 4.69) is 10.6 Å². The lowest BCUT2D eigenvalue weighted by atomic mass is 9.89. The summed E-state index contributed by atoms with van der Waals surface area (Å²) in [5.74, 6) is -0.149. The molecule has 8 nitrogen and oxygen atoms in total. The van der Waals surface area contributed by atoms with Crippen molar-refractivity contribution in [3.63, 3.8) is 0 Å². The van der Waals surface area contributed by atoms with Crippen LogP contribution in [0.25, 0.3) is 0 Å². The zero-order valence-corrected chi connectivity index (χ0v) is 15.2. The van der Waals surface area contributed by atoms with Crippen molar-refractivity contribution in [2.75, 3.05) is 7.11 Å². The highest BCUT2D eigenvalue weighted by molar-refractivity contribution is 6.01. The predicted octanol–water partition coefficient (Wildman–Crippen LogP) is 1.30. The van der Waals surface area contributed by atoms with Gasteiger partial charge in [0.2, 0.25) is 11.8 Å². The first kappa shape index (κ1) is 18.0. The average molecular weight is 381 g/mol. The number of nitrogens with one attached hydrogen (secondary N) is 2. The van der Waals surface area contributed by atoms with Crippen LogP contribution < -0.4 is 15.4 Å². The van der Waals surface area contributed by atoms with Crippen molar-refractivity contribution in [2.45, 2.75) is 30.8 Å². The van der Waals surface area contributed by atoms with E-state index in [1.807, 2.05) is 30.3 Å². The van der Waals surface area contributed by atoms with E-state index >= 15 is 0 Å². The molecule has 2 amide bonds. The van der Waals surface area contributed by atoms with Gasteiger partial charge >= 0.3 is 0 Å². The summed E-state index contributed by atoms with van der Waals surface area (Å²) in [6, 6.07) is 11.6. The summed E-state index contributed by atoms with van der Waals surface area (Å²) in [4.78, 5) is 36.7. The van der Waals surface area contributed by atoms with Gasteiger partial charge in [-0.2, -0.15) is 0 Å². The van der Waals surface area contributed by atoms with Crippen LogP contribution in [0.2, 0.25) is 0 Å². The first-order valence-corrected chi connectivity index (χ1v) is 8.93. The fourth-order valence-electron chi connectivity index (χ4n) is 4.06. The third-order valence-electron chi connectivity index (χ3n) is 5.44. The van der Waals surface area contributed by atoms with E-state index in [9.17, 15) is 19.7 Å². The Hall–Kier alpha value is -3.42. The Bertz CT molecular complexity index is 975. The van der Waals surface area contributed by atoms with Crippen LogP contribution in [0.15, 0.2) is 42.5 Å². The van der Waals surface area contributed by atoms with Crippen LogP contribution in [-0.2, 0) is 28.9 Å². The highest BCUT2D eigenvalue weighted by Gasteiger charge is 2.52. The molecule has 144 valence electrons. The van der Waals surface area contributed by atoms with E-state index in [0.717, 1.165) is 5.56 Å². The number of piperazine rings is 1. The second-order valence-corrected chi connectivity index (χ2v) is 7.14. The van der Waals surface area contributed by atoms with Crippen molar-refractivity contribution in [1.82, 2.24) is 10.6 Å². The van der Waals surface area contributed by atoms with Crippen molar-refractivity contribution in [3.05, 3.63) is 69.3 Å². The second kappa shape index (κ2) is 6.63. The van der Waals surface area contributed by atoms with Gasteiger partial charge in [-0.1, -0.05) is 30.3 Å². The molecule has 1 aliphatic carbocycles. The van der Waals surface area contributed by atoms with E-state index in [4.69, 9.17) is 4.74 Å². The highest BCUT2D eigenvalue weighted by Crippen LogP contribution is 2.42. The molecule has 28 heavy (non-hydrogen) atoms. The number of carbonyl (C=O) groups is 2. The Balaban J connectivity index is 1.62. The Morgan fingerprint density at radius 3 is 2.54 bits per heavy atom. The van der Waals surface area contributed by atoms with Crippen molar-refractivity contribution >= 4 is 17.5 Å². The van der Waals surface area contributed by atoms with Crippen molar-refractivity contribution in [1.29, 1.82) is 0 Å². The van der Waals surface area contributed by atoms with E-state index in [1.165, 1.54) is 19.2 Å². The number of fused-ring (bicyclic) bond motifs is 1. The van der Waals surface area contributed by atoms with Crippen LogP contribution in [0, 0.1) is 10.1 Å². The third kappa shape index (κ3) is 2.87. The molecule has 0 unspecified atom stereocenters. The molecule has 1 heterocycles. The van der Waals surface area contributed by atoms with Crippen LogP contribution in [0.1, 0.15) is 16.7 Å². The number of hydrogen-bond donors (Lipinski definition) is 2. The van der Waals surface area contributed by atoms with Gasteiger partial charge in [0, 0.05) is 36.5 Å². The first-order valence-electron chi connectivity index (χ1n) is 8.93. The van der Waals surface area contributed by atoms with Gasteiger partial charge in [0.25, 0.3) is 5.69 Å². The number of nitrogens with zero attached hydrogens (tertiary/aromatic N) is 1. The molecule has 1 aliphatic heterocycles. The lowest BCUT2D eigenvalue weighted by Gasteiger charge is -2.37. The first-order chi connectivity index (χ1) is 13.4. The number of rotatable bonds is 4. The van der Waals surface area contributed by atoms with Gasteiger partial charge in [0.05, 0.1) is 12.0 Å². The summed E-state index contributed by atoms with van der Waals surface area (Å²) < 4.78 is 5.32. The van der Waals surface area contributed by atoms with Crippen LogP contribution >= 0.6 is 0 Å². The molecule has 2 aromatic carbocycles. The molecule has 0 bridgehead atoms. The van der Waals surface area contributed by atoms with Crippen molar-refractivity contribution in [3.8, 4) is 5.75 Å². The van der Waals surface area contributed by atoms with Gasteiger partial charge in [-0.3, -0.25) is 19.7 Å². The number of methoxy groups -OCH3 is 1. The molecule has 0 radical (unpaired) electrons. The van der Waals surface area contributed by atoms with Gasteiger partial charge < -0.3 is 15.4 Å². The molecule has 4 rings (SSSR count). The minimum atomic E-state index is -1.23. The summed E-state index contributed by atoms with van der Waals surface area (Å²) in [5.41, 5.74) is 0.661. The fourth-order valence-corrected chi connectivity index (χ4v) is 4.06. The van der Waals surface area contributed by atoms with Crippen LogP contribution in [0.4, 0.5) is 5.69 Å². The Kier molecular flexibility index (Phi) is 4.26. The number of carbonyl (C=O) groups excluding carboxylic acids is 2. The molecule has 2 aromatic rings. The zero-order chi connectivity index (χ0) is 19.9. The lowest BCUT2D eigenvalue weighted by molar-refractivity contribution is -0.385. The van der Waals surface area contributed by atoms with Crippen molar-refractivity contribution < 1.29 is 19.2 Å². The molecule has 2 N–H and O–H groups in total. The summed E-state index contributed by atoms with van der Waals surface area (Å²) >= 11 is 0. The molecule has 1 fully saturated rings. The van der Waals surface area contributed by atoms with Crippen LogP contribution in [0.5, 0.6) is 5.75 Å². The maximum Gasteiger partial charge on any atom is 0.273 e. The number of benzene rings is 2. The van der Waals surface area contributed by atoms with Gasteiger partial charge in [0.15, 0.2) is 0 Å². The number of nitro benzene ring substituents is 1. The molecular formula is C20H19N3O5. The number of nitro groups is 1. The molecule has 8 heteroatoms. The summed E-state index contributed by atoms with van der Waals surface area (Å²) in [5, 5.41) is 17.1. The Labute approximate surface area is 161 Å². The van der Waals surface area contributed by atoms with E-state index in [-0.39, 0.29) is 30.3 Å². The standard InChI is InChI=1S/C20H19N3O5/c1-28-17-8-7-16(23(26)27)13-10-20(11-14(13)17)19(25)21-15(18(24)22-20)9-12-5-3-2-4-6-12/h2-8,15H,9-11H2,1H3,(H,21,25)(H,22,24)/t15-,20-/m0/s1. The minimum Gasteiger partial charge on any atom is -0.496 e. The minimum absolute atomic E-state index is 0.0610. The third-order valence-corrected chi connectivity index (χ3v) is 5.44. The van der Waals surface area contributed by atoms with Gasteiger partial charge in [0.1, 0.15) is 17.3 Å². The largest absolute Gasteiger partial charge is 0.496 e. The van der Waals surface area contributed by atoms with E-state index in [0.29, 0.717) is 23.3 Å². The highest BCUT2D eigenvalue weighted by atomic mass is 16.6. The normalized spacial score (nSPS) is 23.1. The molecule has 0 saturated carbocycles. The molecular weight excluding hydrogens is 362 g/mol. The monoisotopic (exact) mass is 381 g/mol. The average Bonchev–Trinajstić information content (AvgIpc) is 3.06. The zero-order valence-electron chi connectivity index (χ0n) is 15.2. The molecule has 1 spiro atoms. The molecule has 2 atom stereocenters. The number of amides is 2. The lowest BCUT2D eigenvalue weighted by Crippen LogP contribution is -2.70. The van der Waals surface area contributed by atoms with Crippen LogP contribution in [-0.4, -0.2) is 35.4 Å². The van der Waals surface area contributed by atoms with E-state index < -0.39 is 16.5 Å². The number of ether oxygens (including phenoxy) is 1.